The Labute approximate surface area is 128 Å². The van der Waals surface area contributed by atoms with Crippen molar-refractivity contribution < 1.29 is 9.53 Å². The quantitative estimate of drug-likeness (QED) is 0.787. The summed E-state index contributed by atoms with van der Waals surface area (Å²) in [7, 11) is 0. The molecule has 0 radical (unpaired) electrons. The molecule has 0 aromatic carbocycles. The smallest absolute Gasteiger partial charge is 0.410 e. The van der Waals surface area contributed by atoms with Crippen LogP contribution in [0, 0.1) is 0 Å². The molecule has 0 atom stereocenters. The summed E-state index contributed by atoms with van der Waals surface area (Å²) in [5.74, 6) is 1.43. The van der Waals surface area contributed by atoms with Gasteiger partial charge in [0.2, 0.25) is 0 Å². The van der Waals surface area contributed by atoms with Crippen molar-refractivity contribution in [2.24, 2.45) is 0 Å². The van der Waals surface area contributed by atoms with Gasteiger partial charge in [-0.25, -0.2) is 4.79 Å². The van der Waals surface area contributed by atoms with Gasteiger partial charge in [-0.2, -0.15) is 4.98 Å². The van der Waals surface area contributed by atoms with Crippen molar-refractivity contribution in [2.45, 2.75) is 26.4 Å². The standard InChI is InChI=1S/C14H20N6O2/c1-14(2,3)22-13(21)19-8-6-18(7-9-19)11-4-5-20-10-15-17-12(20)16-11/h4-5,10H,6-9H2,1-3H3. The second-order valence-electron chi connectivity index (χ2n) is 6.28. The lowest BCUT2D eigenvalue weighted by molar-refractivity contribution is 0.0240. The molecule has 1 saturated heterocycles. The molecule has 1 fully saturated rings. The van der Waals surface area contributed by atoms with Crippen LogP contribution in [0.2, 0.25) is 0 Å². The highest BCUT2D eigenvalue weighted by Crippen LogP contribution is 2.16. The number of anilines is 1. The highest BCUT2D eigenvalue weighted by atomic mass is 16.6. The number of carbonyl (C=O) groups excluding carboxylic acids is 1. The van der Waals surface area contributed by atoms with Crippen LogP contribution in [0.4, 0.5) is 10.6 Å². The van der Waals surface area contributed by atoms with E-state index < -0.39 is 5.60 Å². The number of hydrogen-bond donors (Lipinski definition) is 0. The molecule has 0 saturated carbocycles. The van der Waals surface area contributed by atoms with Crippen LogP contribution >= 0.6 is 0 Å². The van der Waals surface area contributed by atoms with E-state index in [2.05, 4.69) is 20.1 Å². The summed E-state index contributed by atoms with van der Waals surface area (Å²) < 4.78 is 7.16. The maximum absolute atomic E-state index is 12.0. The molecule has 22 heavy (non-hydrogen) atoms. The fourth-order valence-corrected chi connectivity index (χ4v) is 2.33. The highest BCUT2D eigenvalue weighted by molar-refractivity contribution is 5.68. The number of piperazine rings is 1. The summed E-state index contributed by atoms with van der Waals surface area (Å²) >= 11 is 0. The average molecular weight is 304 g/mol. The number of aromatic nitrogens is 4. The minimum Gasteiger partial charge on any atom is -0.444 e. The lowest BCUT2D eigenvalue weighted by Crippen LogP contribution is -2.50. The van der Waals surface area contributed by atoms with Crippen LogP contribution in [-0.2, 0) is 4.74 Å². The van der Waals surface area contributed by atoms with Gasteiger partial charge in [0.05, 0.1) is 0 Å². The summed E-state index contributed by atoms with van der Waals surface area (Å²) in [4.78, 5) is 20.4. The lowest BCUT2D eigenvalue weighted by atomic mass is 10.2. The number of carbonyl (C=O) groups is 1. The van der Waals surface area contributed by atoms with E-state index in [9.17, 15) is 4.79 Å². The number of ether oxygens (including phenoxy) is 1. The summed E-state index contributed by atoms with van der Waals surface area (Å²) in [6, 6.07) is 1.93. The van der Waals surface area contributed by atoms with Crippen LogP contribution in [0.15, 0.2) is 18.6 Å². The molecule has 0 aliphatic carbocycles. The largest absolute Gasteiger partial charge is 0.444 e. The zero-order chi connectivity index (χ0) is 15.7. The Kier molecular flexibility index (Phi) is 3.59. The maximum Gasteiger partial charge on any atom is 0.410 e. The average Bonchev–Trinajstić information content (AvgIpc) is 2.93. The van der Waals surface area contributed by atoms with Gasteiger partial charge in [0, 0.05) is 32.4 Å². The van der Waals surface area contributed by atoms with Gasteiger partial charge in [-0.3, -0.25) is 4.40 Å². The molecule has 2 aromatic rings. The van der Waals surface area contributed by atoms with Crippen molar-refractivity contribution >= 4 is 17.7 Å². The third kappa shape index (κ3) is 3.10. The van der Waals surface area contributed by atoms with E-state index in [1.165, 1.54) is 0 Å². The SMILES string of the molecule is CC(C)(C)OC(=O)N1CCN(c2ccn3cnnc3n2)CC1. The molecule has 3 heterocycles. The normalized spacial score (nSPS) is 16.1. The Morgan fingerprint density at radius 3 is 2.64 bits per heavy atom. The number of rotatable bonds is 1. The Bertz CT molecular complexity index is 669. The topological polar surface area (TPSA) is 75.9 Å². The van der Waals surface area contributed by atoms with Crippen LogP contribution in [0.25, 0.3) is 5.78 Å². The van der Waals surface area contributed by atoms with Crippen LogP contribution in [0.3, 0.4) is 0 Å². The van der Waals surface area contributed by atoms with Crippen molar-refractivity contribution in [1.29, 1.82) is 0 Å². The monoisotopic (exact) mass is 304 g/mol. The lowest BCUT2D eigenvalue weighted by Gasteiger charge is -2.36. The van der Waals surface area contributed by atoms with E-state index in [1.54, 1.807) is 15.6 Å². The van der Waals surface area contributed by atoms with Crippen LogP contribution in [-0.4, -0.2) is 62.4 Å². The highest BCUT2D eigenvalue weighted by Gasteiger charge is 2.26. The Hall–Kier alpha value is -2.38. The molecule has 2 aromatic heterocycles. The number of fused-ring (bicyclic) bond motifs is 1. The molecule has 1 aliphatic rings. The van der Waals surface area contributed by atoms with Crippen molar-refractivity contribution in [3.8, 4) is 0 Å². The molecule has 0 N–H and O–H groups in total. The number of amides is 1. The van der Waals surface area contributed by atoms with Crippen LogP contribution in [0.1, 0.15) is 20.8 Å². The van der Waals surface area contributed by atoms with E-state index >= 15 is 0 Å². The van der Waals surface area contributed by atoms with Crippen LogP contribution < -0.4 is 4.90 Å². The second kappa shape index (κ2) is 5.43. The Balaban J connectivity index is 1.62. The second-order valence-corrected chi connectivity index (χ2v) is 6.28. The van der Waals surface area contributed by atoms with Crippen molar-refractivity contribution in [1.82, 2.24) is 24.5 Å². The third-order valence-corrected chi connectivity index (χ3v) is 3.41. The molecule has 8 heteroatoms. The zero-order valence-corrected chi connectivity index (χ0v) is 13.1. The van der Waals surface area contributed by atoms with Gasteiger partial charge in [-0.15, -0.1) is 10.2 Å². The number of nitrogens with zero attached hydrogens (tertiary/aromatic N) is 6. The predicted octanol–water partition coefficient (Wildman–Crippen LogP) is 1.18. The molecule has 118 valence electrons. The van der Waals surface area contributed by atoms with Gasteiger partial charge < -0.3 is 14.5 Å². The first-order valence-electron chi connectivity index (χ1n) is 7.32. The zero-order valence-electron chi connectivity index (χ0n) is 13.1. The van der Waals surface area contributed by atoms with Crippen LogP contribution in [0.5, 0.6) is 0 Å². The molecule has 1 amide bonds. The predicted molar refractivity (Wildman–Crippen MR) is 80.8 cm³/mol. The molecule has 0 bridgehead atoms. The molecular weight excluding hydrogens is 284 g/mol. The molecule has 8 nitrogen and oxygen atoms in total. The van der Waals surface area contributed by atoms with Gasteiger partial charge in [-0.1, -0.05) is 0 Å². The minimum atomic E-state index is -0.464. The van der Waals surface area contributed by atoms with Gasteiger partial charge in [0.1, 0.15) is 17.7 Å². The van der Waals surface area contributed by atoms with Gasteiger partial charge in [-0.05, 0) is 26.8 Å². The first-order valence-corrected chi connectivity index (χ1v) is 7.32. The van der Waals surface area contributed by atoms with E-state index in [0.29, 0.717) is 18.9 Å². The summed E-state index contributed by atoms with van der Waals surface area (Å²) in [5, 5.41) is 7.77. The fraction of sp³-hybridized carbons (Fsp3) is 0.571. The van der Waals surface area contributed by atoms with Gasteiger partial charge >= 0.3 is 6.09 Å². The maximum atomic E-state index is 12.0. The Morgan fingerprint density at radius 1 is 1.23 bits per heavy atom. The summed E-state index contributed by atoms with van der Waals surface area (Å²) in [6.45, 7) is 8.30. The minimum absolute atomic E-state index is 0.256. The van der Waals surface area contributed by atoms with Gasteiger partial charge in [0.15, 0.2) is 0 Å². The first kappa shape index (κ1) is 14.6. The van der Waals surface area contributed by atoms with E-state index in [0.717, 1.165) is 18.9 Å². The number of hydrogen-bond acceptors (Lipinski definition) is 6. The third-order valence-electron chi connectivity index (χ3n) is 3.41. The van der Waals surface area contributed by atoms with E-state index in [1.807, 2.05) is 33.0 Å². The molecule has 3 rings (SSSR count). The fourth-order valence-electron chi connectivity index (χ4n) is 2.33. The molecular formula is C14H20N6O2. The van der Waals surface area contributed by atoms with E-state index in [4.69, 9.17) is 4.74 Å². The van der Waals surface area contributed by atoms with Crippen molar-refractivity contribution in [3.05, 3.63) is 18.6 Å². The first-order chi connectivity index (χ1) is 10.4. The molecule has 0 unspecified atom stereocenters. The molecule has 1 aliphatic heterocycles. The summed E-state index contributed by atoms with van der Waals surface area (Å²) in [5.41, 5.74) is -0.464. The molecule has 0 spiro atoms. The van der Waals surface area contributed by atoms with Crippen molar-refractivity contribution in [3.63, 3.8) is 0 Å². The Morgan fingerprint density at radius 2 is 1.95 bits per heavy atom. The van der Waals surface area contributed by atoms with Crippen molar-refractivity contribution in [2.75, 3.05) is 31.1 Å². The van der Waals surface area contributed by atoms with Gasteiger partial charge in [0.25, 0.3) is 5.78 Å². The van der Waals surface area contributed by atoms with E-state index in [-0.39, 0.29) is 6.09 Å². The summed E-state index contributed by atoms with van der Waals surface area (Å²) in [6.07, 6.45) is 3.25.